The first-order valence-corrected chi connectivity index (χ1v) is 7.73. The van der Waals surface area contributed by atoms with Gasteiger partial charge < -0.3 is 9.67 Å². The first-order valence-electron chi connectivity index (χ1n) is 7.35. The first-order chi connectivity index (χ1) is 11.1. The summed E-state index contributed by atoms with van der Waals surface area (Å²) in [5.41, 5.74) is 1.82. The number of halogens is 1. The van der Waals surface area contributed by atoms with Crippen LogP contribution < -0.4 is 10.6 Å². The molecule has 1 aliphatic rings. The molecule has 0 radical (unpaired) electrons. The van der Waals surface area contributed by atoms with E-state index in [0.29, 0.717) is 33.3 Å². The Bertz CT molecular complexity index is 1100. The Labute approximate surface area is 137 Å². The summed E-state index contributed by atoms with van der Waals surface area (Å²) in [5, 5.41) is 13.3. The van der Waals surface area contributed by atoms with Gasteiger partial charge in [0.05, 0.1) is 22.0 Å². The van der Waals surface area contributed by atoms with Crippen LogP contribution >= 0.6 is 11.6 Å². The molecule has 0 fully saturated rings. The van der Waals surface area contributed by atoms with Gasteiger partial charge in [-0.3, -0.25) is 4.79 Å². The Hall–Kier alpha value is -2.59. The number of benzene rings is 2. The highest BCUT2D eigenvalue weighted by atomic mass is 35.5. The lowest BCUT2D eigenvalue weighted by Gasteiger charge is -2.03. The Morgan fingerprint density at radius 3 is 2.78 bits per heavy atom. The number of aryl methyl sites for hydroxylation is 1. The predicted molar refractivity (Wildman–Crippen MR) is 89.0 cm³/mol. The van der Waals surface area contributed by atoms with Crippen LogP contribution in [0.1, 0.15) is 12.5 Å². The van der Waals surface area contributed by atoms with Gasteiger partial charge >= 0.3 is 0 Å². The Balaban J connectivity index is 2.20. The van der Waals surface area contributed by atoms with E-state index in [9.17, 15) is 9.90 Å². The van der Waals surface area contributed by atoms with Crippen molar-refractivity contribution < 1.29 is 9.90 Å². The van der Waals surface area contributed by atoms with Crippen molar-refractivity contribution in [2.24, 2.45) is 4.99 Å². The second kappa shape index (κ2) is 4.96. The largest absolute Gasteiger partial charge is 0.494 e. The molecular weight excluding hydrogens is 312 g/mol. The number of carbonyl (C=O) groups excluding carboxylic acids is 1. The summed E-state index contributed by atoms with van der Waals surface area (Å²) in [6.45, 7) is 2.56. The smallest absolute Gasteiger partial charge is 0.279 e. The van der Waals surface area contributed by atoms with Crippen LogP contribution in [0.5, 0.6) is 5.88 Å². The molecule has 1 aromatic heterocycles. The summed E-state index contributed by atoms with van der Waals surface area (Å²) >= 11 is 6.08. The van der Waals surface area contributed by atoms with E-state index < -0.39 is 0 Å². The van der Waals surface area contributed by atoms with E-state index in [2.05, 4.69) is 4.99 Å². The molecule has 0 unspecified atom stereocenters. The van der Waals surface area contributed by atoms with Crippen molar-refractivity contribution in [3.63, 3.8) is 0 Å². The van der Waals surface area contributed by atoms with Crippen LogP contribution in [0.15, 0.2) is 47.5 Å². The minimum atomic E-state index is -0.350. The molecule has 0 bridgehead atoms. The van der Waals surface area contributed by atoms with Crippen molar-refractivity contribution in [1.82, 2.24) is 4.57 Å². The molecule has 2 heterocycles. The summed E-state index contributed by atoms with van der Waals surface area (Å²) in [6.07, 6.45) is 0. The van der Waals surface area contributed by atoms with Gasteiger partial charge in [-0.2, -0.15) is 0 Å². The molecule has 0 saturated carbocycles. The lowest BCUT2D eigenvalue weighted by Crippen LogP contribution is -2.22. The highest BCUT2D eigenvalue weighted by molar-refractivity contribution is 6.31. The highest BCUT2D eigenvalue weighted by Crippen LogP contribution is 2.36. The standard InChI is InChI=1S/C18H13ClN2O2/c1-2-21-14-6-4-3-5-11(14)16(18(21)23)15-12-9-10(19)7-8-13(12)20-17(15)22/h3-9,23H,2H2,1H3. The van der Waals surface area contributed by atoms with Crippen LogP contribution in [0, 0.1) is 0 Å². The summed E-state index contributed by atoms with van der Waals surface area (Å²) in [6, 6.07) is 12.8. The van der Waals surface area contributed by atoms with Crippen molar-refractivity contribution >= 4 is 34.0 Å². The van der Waals surface area contributed by atoms with Gasteiger partial charge in [0.25, 0.3) is 5.91 Å². The number of carbonyl (C=O) groups is 1. The monoisotopic (exact) mass is 324 g/mol. The van der Waals surface area contributed by atoms with Gasteiger partial charge in [0.2, 0.25) is 0 Å². The fourth-order valence-electron chi connectivity index (χ4n) is 3.18. The van der Waals surface area contributed by atoms with E-state index in [4.69, 9.17) is 11.6 Å². The highest BCUT2D eigenvalue weighted by Gasteiger charge is 2.26. The Morgan fingerprint density at radius 2 is 2.00 bits per heavy atom. The van der Waals surface area contributed by atoms with Gasteiger partial charge in [0, 0.05) is 22.2 Å². The summed E-state index contributed by atoms with van der Waals surface area (Å²) in [4.78, 5) is 16.5. The third kappa shape index (κ3) is 1.92. The lowest BCUT2D eigenvalue weighted by atomic mass is 10.0. The minimum Gasteiger partial charge on any atom is -0.494 e. The average Bonchev–Trinajstić information content (AvgIpc) is 3.00. The van der Waals surface area contributed by atoms with E-state index in [0.717, 1.165) is 10.9 Å². The molecule has 0 spiro atoms. The fraction of sp³-hybridized carbons (Fsp3) is 0.111. The molecule has 3 aromatic rings. The van der Waals surface area contributed by atoms with Gasteiger partial charge in [-0.05, 0) is 31.2 Å². The SMILES string of the molecule is CCn1c(O)c(C2=c3cc(Cl)ccc3=NC2=O)c2ccccc21. The number of fused-ring (bicyclic) bond motifs is 2. The van der Waals surface area contributed by atoms with E-state index in [1.807, 2.05) is 31.2 Å². The molecule has 2 aromatic carbocycles. The number of rotatable bonds is 2. The van der Waals surface area contributed by atoms with E-state index in [1.54, 1.807) is 22.8 Å². The van der Waals surface area contributed by atoms with Crippen LogP contribution in [0.25, 0.3) is 16.5 Å². The van der Waals surface area contributed by atoms with Crippen molar-refractivity contribution in [2.45, 2.75) is 13.5 Å². The van der Waals surface area contributed by atoms with Crippen molar-refractivity contribution in [2.75, 3.05) is 0 Å². The Kier molecular flexibility index (Phi) is 3.03. The first kappa shape index (κ1) is 14.0. The average molecular weight is 325 g/mol. The molecule has 5 heteroatoms. The third-order valence-corrected chi connectivity index (χ3v) is 4.41. The second-order valence-electron chi connectivity index (χ2n) is 5.41. The van der Waals surface area contributed by atoms with Gasteiger partial charge in [-0.15, -0.1) is 0 Å². The second-order valence-corrected chi connectivity index (χ2v) is 5.85. The van der Waals surface area contributed by atoms with Crippen LogP contribution in [-0.4, -0.2) is 15.6 Å². The van der Waals surface area contributed by atoms with Crippen LogP contribution in [0.2, 0.25) is 5.02 Å². The zero-order chi connectivity index (χ0) is 16.1. The van der Waals surface area contributed by atoms with Crippen LogP contribution in [0.3, 0.4) is 0 Å². The van der Waals surface area contributed by atoms with Crippen molar-refractivity contribution in [3.8, 4) is 5.88 Å². The maximum absolute atomic E-state index is 12.5. The fourth-order valence-corrected chi connectivity index (χ4v) is 3.36. The van der Waals surface area contributed by atoms with Crippen LogP contribution in [0.4, 0.5) is 0 Å². The minimum absolute atomic E-state index is 0.0834. The number of aromatic nitrogens is 1. The molecule has 0 saturated heterocycles. The Morgan fingerprint density at radius 1 is 1.22 bits per heavy atom. The number of para-hydroxylation sites is 1. The van der Waals surface area contributed by atoms with Crippen molar-refractivity contribution in [3.05, 3.63) is 63.6 Å². The van der Waals surface area contributed by atoms with Gasteiger partial charge in [-0.1, -0.05) is 29.8 Å². The molecule has 1 N–H and O–H groups in total. The summed E-state index contributed by atoms with van der Waals surface area (Å²) in [7, 11) is 0. The van der Waals surface area contributed by atoms with Crippen molar-refractivity contribution in [1.29, 1.82) is 0 Å². The molecule has 4 rings (SSSR count). The van der Waals surface area contributed by atoms with E-state index in [-0.39, 0.29) is 11.8 Å². The number of hydrogen-bond acceptors (Lipinski definition) is 2. The number of nitrogens with zero attached hydrogens (tertiary/aromatic N) is 2. The van der Waals surface area contributed by atoms with E-state index in [1.165, 1.54) is 0 Å². The van der Waals surface area contributed by atoms with Gasteiger partial charge in [0.15, 0.2) is 5.88 Å². The van der Waals surface area contributed by atoms with Gasteiger partial charge in [-0.25, -0.2) is 4.99 Å². The number of amides is 1. The van der Waals surface area contributed by atoms with Gasteiger partial charge in [0.1, 0.15) is 0 Å². The molecule has 0 aliphatic carbocycles. The zero-order valence-corrected chi connectivity index (χ0v) is 13.1. The predicted octanol–water partition coefficient (Wildman–Crippen LogP) is 2.38. The topological polar surface area (TPSA) is 54.6 Å². The summed E-state index contributed by atoms with van der Waals surface area (Å²) < 4.78 is 1.79. The number of hydrogen-bond donors (Lipinski definition) is 1. The molecule has 23 heavy (non-hydrogen) atoms. The third-order valence-electron chi connectivity index (χ3n) is 4.17. The quantitative estimate of drug-likeness (QED) is 0.787. The summed E-state index contributed by atoms with van der Waals surface area (Å²) in [5.74, 6) is -0.267. The molecular formula is C18H13ClN2O2. The maximum Gasteiger partial charge on any atom is 0.279 e. The lowest BCUT2D eigenvalue weighted by molar-refractivity contribution is -0.112. The maximum atomic E-state index is 12.5. The molecule has 4 nitrogen and oxygen atoms in total. The molecule has 1 amide bonds. The molecule has 114 valence electrons. The van der Waals surface area contributed by atoms with E-state index >= 15 is 0 Å². The zero-order valence-electron chi connectivity index (χ0n) is 12.4. The normalized spacial score (nSPS) is 13.5. The number of aromatic hydroxyl groups is 1. The molecule has 0 atom stereocenters. The molecule has 1 aliphatic heterocycles. The van der Waals surface area contributed by atoms with Crippen LogP contribution in [-0.2, 0) is 11.3 Å².